The first-order valence-corrected chi connectivity index (χ1v) is 7.62. The van der Waals surface area contributed by atoms with Crippen molar-refractivity contribution in [2.45, 2.75) is 38.9 Å². The standard InChI is InChI=1S/C15H24O3S/c1-6-17-15(18-7-2)10-19-13-8-11(3)12(4)14(9-13)16-5/h8-9,15H,6-7,10H2,1-5H3. The number of hydrogen-bond donors (Lipinski definition) is 0. The summed E-state index contributed by atoms with van der Waals surface area (Å²) in [5.74, 6) is 1.72. The molecule has 0 spiro atoms. The minimum Gasteiger partial charge on any atom is -0.496 e. The Balaban J connectivity index is 2.68. The summed E-state index contributed by atoms with van der Waals surface area (Å²) in [7, 11) is 1.71. The maximum atomic E-state index is 5.54. The van der Waals surface area contributed by atoms with Gasteiger partial charge in [-0.2, -0.15) is 0 Å². The summed E-state index contributed by atoms with van der Waals surface area (Å²) in [6.07, 6.45) is -0.146. The van der Waals surface area contributed by atoms with Crippen LogP contribution < -0.4 is 4.74 Å². The molecule has 0 bridgehead atoms. The van der Waals surface area contributed by atoms with E-state index < -0.39 is 0 Å². The van der Waals surface area contributed by atoms with Crippen molar-refractivity contribution < 1.29 is 14.2 Å². The largest absolute Gasteiger partial charge is 0.496 e. The van der Waals surface area contributed by atoms with Crippen molar-refractivity contribution in [1.29, 1.82) is 0 Å². The molecule has 0 saturated carbocycles. The van der Waals surface area contributed by atoms with Crippen LogP contribution in [0, 0.1) is 13.8 Å². The molecule has 1 aromatic carbocycles. The van der Waals surface area contributed by atoms with E-state index in [-0.39, 0.29) is 6.29 Å². The van der Waals surface area contributed by atoms with E-state index >= 15 is 0 Å². The number of aryl methyl sites for hydroxylation is 1. The second-order valence-corrected chi connectivity index (χ2v) is 5.31. The summed E-state index contributed by atoms with van der Waals surface area (Å²) in [5.41, 5.74) is 2.43. The van der Waals surface area contributed by atoms with Crippen molar-refractivity contribution in [2.24, 2.45) is 0 Å². The van der Waals surface area contributed by atoms with Crippen molar-refractivity contribution in [3.8, 4) is 5.75 Å². The summed E-state index contributed by atoms with van der Waals surface area (Å²) >= 11 is 1.73. The Morgan fingerprint density at radius 1 is 1.11 bits per heavy atom. The number of methoxy groups -OCH3 is 1. The molecule has 0 heterocycles. The normalized spacial score (nSPS) is 11.1. The molecule has 0 aliphatic heterocycles. The lowest BCUT2D eigenvalue weighted by Crippen LogP contribution is -2.19. The molecule has 4 heteroatoms. The van der Waals surface area contributed by atoms with Crippen molar-refractivity contribution >= 4 is 11.8 Å². The molecule has 0 aliphatic carbocycles. The fourth-order valence-corrected chi connectivity index (χ4v) is 2.74. The monoisotopic (exact) mass is 284 g/mol. The van der Waals surface area contributed by atoms with E-state index in [1.165, 1.54) is 16.0 Å². The summed E-state index contributed by atoms with van der Waals surface area (Å²) < 4.78 is 16.5. The minimum absolute atomic E-state index is 0.146. The highest BCUT2D eigenvalue weighted by Crippen LogP contribution is 2.29. The van der Waals surface area contributed by atoms with Crippen LogP contribution in [0.5, 0.6) is 5.75 Å². The highest BCUT2D eigenvalue weighted by atomic mass is 32.2. The zero-order valence-electron chi connectivity index (χ0n) is 12.5. The molecular weight excluding hydrogens is 260 g/mol. The molecule has 0 atom stereocenters. The lowest BCUT2D eigenvalue weighted by atomic mass is 10.1. The molecule has 1 aromatic rings. The minimum atomic E-state index is -0.146. The third-order valence-electron chi connectivity index (χ3n) is 2.90. The van der Waals surface area contributed by atoms with E-state index in [4.69, 9.17) is 14.2 Å². The molecule has 0 N–H and O–H groups in total. The first kappa shape index (κ1) is 16.3. The van der Waals surface area contributed by atoms with Crippen LogP contribution >= 0.6 is 11.8 Å². The van der Waals surface area contributed by atoms with Gasteiger partial charge in [-0.05, 0) is 51.0 Å². The van der Waals surface area contributed by atoms with Crippen LogP contribution in [-0.2, 0) is 9.47 Å². The van der Waals surface area contributed by atoms with Gasteiger partial charge in [-0.1, -0.05) is 0 Å². The summed E-state index contributed by atoms with van der Waals surface area (Å²) in [4.78, 5) is 1.18. The predicted octanol–water partition coefficient (Wildman–Crippen LogP) is 3.80. The highest BCUT2D eigenvalue weighted by Gasteiger charge is 2.10. The molecule has 108 valence electrons. The van der Waals surface area contributed by atoms with Crippen LogP contribution in [0.15, 0.2) is 17.0 Å². The highest BCUT2D eigenvalue weighted by molar-refractivity contribution is 7.99. The SMILES string of the molecule is CCOC(CSc1cc(C)c(C)c(OC)c1)OCC. The summed E-state index contributed by atoms with van der Waals surface area (Å²) in [6.45, 7) is 9.48. The number of hydrogen-bond acceptors (Lipinski definition) is 4. The Kier molecular flexibility index (Phi) is 7.28. The molecule has 0 aromatic heterocycles. The summed E-state index contributed by atoms with van der Waals surface area (Å²) in [6, 6.07) is 4.25. The van der Waals surface area contributed by atoms with E-state index in [2.05, 4.69) is 26.0 Å². The number of benzene rings is 1. The van der Waals surface area contributed by atoms with Gasteiger partial charge >= 0.3 is 0 Å². The van der Waals surface area contributed by atoms with E-state index in [9.17, 15) is 0 Å². The average Bonchev–Trinajstić information content (AvgIpc) is 2.40. The molecule has 0 saturated heterocycles. The van der Waals surface area contributed by atoms with Crippen LogP contribution in [0.25, 0.3) is 0 Å². The van der Waals surface area contributed by atoms with Gasteiger partial charge in [0.1, 0.15) is 5.75 Å². The van der Waals surface area contributed by atoms with Gasteiger partial charge in [0.25, 0.3) is 0 Å². The summed E-state index contributed by atoms with van der Waals surface area (Å²) in [5, 5.41) is 0. The van der Waals surface area contributed by atoms with Gasteiger partial charge in [-0.3, -0.25) is 0 Å². The van der Waals surface area contributed by atoms with Gasteiger partial charge in [-0.25, -0.2) is 0 Å². The van der Waals surface area contributed by atoms with Crippen LogP contribution in [0.1, 0.15) is 25.0 Å². The fraction of sp³-hybridized carbons (Fsp3) is 0.600. The van der Waals surface area contributed by atoms with Gasteiger partial charge in [0.05, 0.1) is 7.11 Å². The lowest BCUT2D eigenvalue weighted by Gasteiger charge is -2.17. The Bertz CT molecular complexity index is 387. The molecule has 19 heavy (non-hydrogen) atoms. The van der Waals surface area contributed by atoms with Gasteiger partial charge < -0.3 is 14.2 Å². The second kappa shape index (κ2) is 8.46. The molecular formula is C15H24O3S. The molecule has 0 fully saturated rings. The average molecular weight is 284 g/mol. The quantitative estimate of drug-likeness (QED) is 0.536. The zero-order valence-corrected chi connectivity index (χ0v) is 13.3. The zero-order chi connectivity index (χ0) is 14.3. The first-order valence-electron chi connectivity index (χ1n) is 6.63. The van der Waals surface area contributed by atoms with Crippen molar-refractivity contribution in [3.63, 3.8) is 0 Å². The van der Waals surface area contributed by atoms with Gasteiger partial charge in [0.15, 0.2) is 6.29 Å². The van der Waals surface area contributed by atoms with Gasteiger partial charge in [0.2, 0.25) is 0 Å². The Labute approximate surface area is 120 Å². The Morgan fingerprint density at radius 2 is 1.74 bits per heavy atom. The first-order chi connectivity index (χ1) is 9.12. The fourth-order valence-electron chi connectivity index (χ4n) is 1.77. The van der Waals surface area contributed by atoms with Crippen LogP contribution in [-0.4, -0.2) is 32.4 Å². The van der Waals surface area contributed by atoms with Crippen LogP contribution in [0.3, 0.4) is 0 Å². The van der Waals surface area contributed by atoms with Crippen LogP contribution in [0.2, 0.25) is 0 Å². The lowest BCUT2D eigenvalue weighted by molar-refractivity contribution is -0.120. The molecule has 0 radical (unpaired) electrons. The van der Waals surface area contributed by atoms with Crippen molar-refractivity contribution in [3.05, 3.63) is 23.3 Å². The third-order valence-corrected chi connectivity index (χ3v) is 3.91. The predicted molar refractivity (Wildman–Crippen MR) is 80.2 cm³/mol. The molecule has 0 aliphatic rings. The topological polar surface area (TPSA) is 27.7 Å². The molecule has 0 unspecified atom stereocenters. The van der Waals surface area contributed by atoms with Crippen molar-refractivity contribution in [1.82, 2.24) is 0 Å². The van der Waals surface area contributed by atoms with Gasteiger partial charge in [0, 0.05) is 23.9 Å². The maximum absolute atomic E-state index is 5.54. The number of ether oxygens (including phenoxy) is 3. The third kappa shape index (κ3) is 5.05. The number of rotatable bonds is 8. The van der Waals surface area contributed by atoms with Crippen LogP contribution in [0.4, 0.5) is 0 Å². The second-order valence-electron chi connectivity index (χ2n) is 4.22. The Morgan fingerprint density at radius 3 is 2.26 bits per heavy atom. The van der Waals surface area contributed by atoms with Gasteiger partial charge in [-0.15, -0.1) is 11.8 Å². The number of thioether (sulfide) groups is 1. The van der Waals surface area contributed by atoms with Crippen molar-refractivity contribution in [2.75, 3.05) is 26.1 Å². The smallest absolute Gasteiger partial charge is 0.166 e. The van der Waals surface area contributed by atoms with E-state index in [0.717, 1.165) is 11.5 Å². The van der Waals surface area contributed by atoms with E-state index in [0.29, 0.717) is 13.2 Å². The van der Waals surface area contributed by atoms with E-state index in [1.807, 2.05) is 13.8 Å². The molecule has 0 amide bonds. The van der Waals surface area contributed by atoms with E-state index in [1.54, 1.807) is 18.9 Å². The molecule has 3 nitrogen and oxygen atoms in total. The molecule has 1 rings (SSSR count). The maximum Gasteiger partial charge on any atom is 0.166 e. The Hall–Kier alpha value is -0.710.